The Morgan fingerprint density at radius 3 is 1.78 bits per heavy atom. The molecule has 6 nitrogen and oxygen atoms in total. The number of aromatic nitrogens is 2. The molecule has 1 heterocycles. The Bertz CT molecular complexity index is 861. The van der Waals surface area contributed by atoms with E-state index in [-0.39, 0.29) is 11.6 Å². The zero-order chi connectivity index (χ0) is 16.4. The molecule has 23 heavy (non-hydrogen) atoms. The molecule has 0 bridgehead atoms. The molecule has 0 unspecified atom stereocenters. The zero-order valence-corrected chi connectivity index (χ0v) is 12.8. The van der Waals surface area contributed by atoms with E-state index < -0.39 is 0 Å². The van der Waals surface area contributed by atoms with Gasteiger partial charge in [0.1, 0.15) is 11.5 Å². The van der Waals surface area contributed by atoms with E-state index in [2.05, 4.69) is 0 Å². The smallest absolute Gasteiger partial charge is 0.340 e. The van der Waals surface area contributed by atoms with Crippen LogP contribution in [-0.2, 0) is 0 Å². The first-order valence-electron chi connectivity index (χ1n) is 6.96. The summed E-state index contributed by atoms with van der Waals surface area (Å²) in [6, 6.07) is 13.9. The Hall–Kier alpha value is -3.15. The summed E-state index contributed by atoms with van der Waals surface area (Å²) >= 11 is 0. The average Bonchev–Trinajstić information content (AvgIpc) is 2.89. The normalized spacial score (nSPS) is 10.5. The molecule has 0 aliphatic heterocycles. The van der Waals surface area contributed by atoms with Crippen LogP contribution in [0.1, 0.15) is 0 Å². The molecule has 0 aliphatic carbocycles. The summed E-state index contributed by atoms with van der Waals surface area (Å²) in [5.41, 5.74) is 0.830. The Balaban J connectivity index is 2.06. The van der Waals surface area contributed by atoms with E-state index in [1.54, 1.807) is 62.8 Å². The van der Waals surface area contributed by atoms with E-state index in [1.165, 1.54) is 15.3 Å². The lowest BCUT2D eigenvalue weighted by Crippen LogP contribution is -2.21. The maximum absolute atomic E-state index is 12.6. The summed E-state index contributed by atoms with van der Waals surface area (Å²) in [5.74, 6) is 1.23. The van der Waals surface area contributed by atoms with Crippen molar-refractivity contribution in [2.45, 2.75) is 0 Å². The summed E-state index contributed by atoms with van der Waals surface area (Å²) in [6.45, 7) is 0. The second-order valence-electron chi connectivity index (χ2n) is 4.87. The van der Waals surface area contributed by atoms with Crippen molar-refractivity contribution in [1.29, 1.82) is 0 Å². The number of rotatable bonds is 4. The number of benzene rings is 2. The van der Waals surface area contributed by atoms with Crippen molar-refractivity contribution in [3.05, 3.63) is 65.2 Å². The lowest BCUT2D eigenvalue weighted by molar-refractivity contribution is 0.414. The van der Waals surface area contributed by atoms with E-state index >= 15 is 0 Å². The Labute approximate surface area is 132 Å². The Morgan fingerprint density at radius 1 is 0.826 bits per heavy atom. The van der Waals surface area contributed by atoms with Crippen LogP contribution in [0.2, 0.25) is 0 Å². The molecule has 0 aliphatic rings. The lowest BCUT2D eigenvalue weighted by atomic mass is 10.3. The fourth-order valence-electron chi connectivity index (χ4n) is 2.34. The molecule has 3 aromatic rings. The van der Waals surface area contributed by atoms with Gasteiger partial charge in [-0.15, -0.1) is 0 Å². The van der Waals surface area contributed by atoms with Gasteiger partial charge in [0.2, 0.25) is 5.88 Å². The van der Waals surface area contributed by atoms with Gasteiger partial charge in [0.15, 0.2) is 0 Å². The standard InChI is InChI=1S/C17H16N2O4/c1-22-14-7-3-12(4-8-14)18-11-16(20)19(17(18)21)13-5-9-15(23-2)10-6-13/h3-11,20H,1-2H3. The highest BCUT2D eigenvalue weighted by molar-refractivity contribution is 5.43. The molecule has 3 rings (SSSR count). The summed E-state index contributed by atoms with van der Waals surface area (Å²) in [6.07, 6.45) is 1.38. The van der Waals surface area contributed by atoms with Crippen LogP contribution in [0.25, 0.3) is 11.4 Å². The Morgan fingerprint density at radius 2 is 1.30 bits per heavy atom. The van der Waals surface area contributed by atoms with Gasteiger partial charge in [0, 0.05) is 0 Å². The van der Waals surface area contributed by atoms with Crippen LogP contribution in [0.5, 0.6) is 17.4 Å². The number of hydrogen-bond acceptors (Lipinski definition) is 4. The summed E-state index contributed by atoms with van der Waals surface area (Å²) < 4.78 is 12.8. The van der Waals surface area contributed by atoms with E-state index in [1.807, 2.05) is 0 Å². The van der Waals surface area contributed by atoms with Gasteiger partial charge in [0.05, 0.1) is 31.8 Å². The van der Waals surface area contributed by atoms with Crippen LogP contribution in [-0.4, -0.2) is 28.5 Å². The SMILES string of the molecule is COc1ccc(-n2cc(O)n(-c3ccc(OC)cc3)c2=O)cc1. The van der Waals surface area contributed by atoms with Crippen LogP contribution >= 0.6 is 0 Å². The van der Waals surface area contributed by atoms with Crippen LogP contribution in [0.15, 0.2) is 59.5 Å². The van der Waals surface area contributed by atoms with Crippen LogP contribution < -0.4 is 15.2 Å². The Kier molecular flexibility index (Phi) is 3.80. The minimum Gasteiger partial charge on any atom is -0.497 e. The van der Waals surface area contributed by atoms with Gasteiger partial charge in [-0.25, -0.2) is 9.36 Å². The van der Waals surface area contributed by atoms with Crippen LogP contribution in [0.3, 0.4) is 0 Å². The van der Waals surface area contributed by atoms with Crippen molar-refractivity contribution < 1.29 is 14.6 Å². The minimum absolute atomic E-state index is 0.143. The molecular weight excluding hydrogens is 296 g/mol. The van der Waals surface area contributed by atoms with Crippen molar-refractivity contribution in [2.75, 3.05) is 14.2 Å². The third-order valence-corrected chi connectivity index (χ3v) is 3.55. The van der Waals surface area contributed by atoms with Crippen LogP contribution in [0.4, 0.5) is 0 Å². The average molecular weight is 312 g/mol. The van der Waals surface area contributed by atoms with Crippen molar-refractivity contribution in [3.8, 4) is 28.8 Å². The first-order valence-corrected chi connectivity index (χ1v) is 6.96. The van der Waals surface area contributed by atoms with Gasteiger partial charge in [-0.1, -0.05) is 0 Å². The number of ether oxygens (including phenoxy) is 2. The second kappa shape index (κ2) is 5.92. The van der Waals surface area contributed by atoms with Gasteiger partial charge in [-0.05, 0) is 48.5 Å². The third-order valence-electron chi connectivity index (χ3n) is 3.55. The molecule has 0 saturated heterocycles. The first-order chi connectivity index (χ1) is 11.1. The van der Waals surface area contributed by atoms with Gasteiger partial charge >= 0.3 is 5.69 Å². The number of hydrogen-bond donors (Lipinski definition) is 1. The van der Waals surface area contributed by atoms with Crippen LogP contribution in [0, 0.1) is 0 Å². The second-order valence-corrected chi connectivity index (χ2v) is 4.87. The fraction of sp³-hybridized carbons (Fsp3) is 0.118. The molecule has 0 atom stereocenters. The summed E-state index contributed by atoms with van der Waals surface area (Å²) in [4.78, 5) is 12.6. The van der Waals surface area contributed by atoms with Gasteiger partial charge in [-0.2, -0.15) is 0 Å². The van der Waals surface area contributed by atoms with E-state index in [4.69, 9.17) is 9.47 Å². The molecule has 0 spiro atoms. The van der Waals surface area contributed by atoms with Gasteiger partial charge < -0.3 is 14.6 Å². The number of imidazole rings is 1. The van der Waals surface area contributed by atoms with E-state index in [0.717, 1.165) is 0 Å². The minimum atomic E-state index is -0.363. The molecule has 2 aromatic carbocycles. The highest BCUT2D eigenvalue weighted by atomic mass is 16.5. The molecule has 1 aromatic heterocycles. The number of aromatic hydroxyl groups is 1. The summed E-state index contributed by atoms with van der Waals surface area (Å²) in [5, 5.41) is 10.1. The largest absolute Gasteiger partial charge is 0.497 e. The maximum atomic E-state index is 12.6. The number of nitrogens with zero attached hydrogens (tertiary/aromatic N) is 2. The van der Waals surface area contributed by atoms with E-state index in [0.29, 0.717) is 22.9 Å². The molecule has 0 fully saturated rings. The summed E-state index contributed by atoms with van der Waals surface area (Å²) in [7, 11) is 3.14. The number of methoxy groups -OCH3 is 2. The predicted octanol–water partition coefficient (Wildman–Crippen LogP) is 2.35. The van der Waals surface area contributed by atoms with E-state index in [9.17, 15) is 9.90 Å². The van der Waals surface area contributed by atoms with Crippen molar-refractivity contribution in [1.82, 2.24) is 9.13 Å². The molecule has 118 valence electrons. The maximum Gasteiger partial charge on any atom is 0.340 e. The molecule has 1 N–H and O–H groups in total. The monoisotopic (exact) mass is 312 g/mol. The highest BCUT2D eigenvalue weighted by Crippen LogP contribution is 2.20. The fourth-order valence-corrected chi connectivity index (χ4v) is 2.34. The van der Waals surface area contributed by atoms with Crippen molar-refractivity contribution >= 4 is 0 Å². The predicted molar refractivity (Wildman–Crippen MR) is 86.1 cm³/mol. The van der Waals surface area contributed by atoms with Crippen molar-refractivity contribution in [3.63, 3.8) is 0 Å². The zero-order valence-electron chi connectivity index (χ0n) is 12.8. The quantitative estimate of drug-likeness (QED) is 0.803. The molecular formula is C17H16N2O4. The topological polar surface area (TPSA) is 65.6 Å². The highest BCUT2D eigenvalue weighted by Gasteiger charge is 2.13. The van der Waals surface area contributed by atoms with Gasteiger partial charge in [-0.3, -0.25) is 4.57 Å². The third kappa shape index (κ3) is 2.66. The lowest BCUT2D eigenvalue weighted by Gasteiger charge is -2.05. The molecule has 0 saturated carbocycles. The van der Waals surface area contributed by atoms with Gasteiger partial charge in [0.25, 0.3) is 0 Å². The molecule has 6 heteroatoms. The first kappa shape index (κ1) is 14.8. The molecule has 0 amide bonds. The molecule has 0 radical (unpaired) electrons. The van der Waals surface area contributed by atoms with Crippen molar-refractivity contribution in [2.24, 2.45) is 0 Å².